The van der Waals surface area contributed by atoms with Gasteiger partial charge in [0.05, 0.1) is 5.75 Å². The van der Waals surface area contributed by atoms with Gasteiger partial charge in [-0.3, -0.25) is 4.79 Å². The number of carbonyl (C=O) groups excluding carboxylic acids is 2. The molecule has 1 aliphatic heterocycles. The van der Waals surface area contributed by atoms with Crippen molar-refractivity contribution >= 4 is 23.7 Å². The summed E-state index contributed by atoms with van der Waals surface area (Å²) in [6, 6.07) is 6.20. The Morgan fingerprint density at radius 1 is 1.44 bits per heavy atom. The highest BCUT2D eigenvalue weighted by Crippen LogP contribution is 2.38. The molecule has 3 amide bonds. The first kappa shape index (κ1) is 19.6. The molecule has 25 heavy (non-hydrogen) atoms. The summed E-state index contributed by atoms with van der Waals surface area (Å²) in [5, 5.41) is 2.73. The van der Waals surface area contributed by atoms with Crippen LogP contribution in [0.4, 0.5) is 9.18 Å². The third-order valence-corrected chi connectivity index (χ3v) is 5.12. The summed E-state index contributed by atoms with van der Waals surface area (Å²) in [7, 11) is 0. The van der Waals surface area contributed by atoms with Crippen molar-refractivity contribution < 1.29 is 14.0 Å². The Balaban J connectivity index is 2.03. The van der Waals surface area contributed by atoms with Crippen molar-refractivity contribution in [1.29, 1.82) is 0 Å². The maximum atomic E-state index is 13.5. The van der Waals surface area contributed by atoms with E-state index in [0.717, 1.165) is 5.56 Å². The van der Waals surface area contributed by atoms with Crippen molar-refractivity contribution in [1.82, 2.24) is 15.1 Å². The zero-order valence-corrected chi connectivity index (χ0v) is 16.0. The number of amides is 3. The van der Waals surface area contributed by atoms with Gasteiger partial charge in [0, 0.05) is 25.2 Å². The highest BCUT2D eigenvalue weighted by molar-refractivity contribution is 8.00. The summed E-state index contributed by atoms with van der Waals surface area (Å²) in [4.78, 5) is 28.0. The lowest BCUT2D eigenvalue weighted by molar-refractivity contribution is -0.128. The van der Waals surface area contributed by atoms with Gasteiger partial charge in [-0.15, -0.1) is 11.8 Å². The van der Waals surface area contributed by atoms with Gasteiger partial charge in [0.25, 0.3) is 0 Å². The molecule has 1 fully saturated rings. The van der Waals surface area contributed by atoms with Crippen LogP contribution in [-0.4, -0.2) is 52.7 Å². The second kappa shape index (κ2) is 8.08. The van der Waals surface area contributed by atoms with Crippen LogP contribution in [0.25, 0.3) is 0 Å². The van der Waals surface area contributed by atoms with Gasteiger partial charge in [-0.1, -0.05) is 12.1 Å². The van der Waals surface area contributed by atoms with Gasteiger partial charge < -0.3 is 15.1 Å². The van der Waals surface area contributed by atoms with Gasteiger partial charge in [-0.2, -0.15) is 0 Å². The molecule has 0 bridgehead atoms. The van der Waals surface area contributed by atoms with Crippen molar-refractivity contribution in [3.63, 3.8) is 0 Å². The molecule has 1 heterocycles. The van der Waals surface area contributed by atoms with Crippen LogP contribution in [0.15, 0.2) is 24.3 Å². The molecule has 1 N–H and O–H groups in total. The van der Waals surface area contributed by atoms with Gasteiger partial charge in [0.15, 0.2) is 0 Å². The van der Waals surface area contributed by atoms with E-state index in [0.29, 0.717) is 25.4 Å². The molecule has 0 spiro atoms. The lowest BCUT2D eigenvalue weighted by Crippen LogP contribution is -2.50. The molecule has 2 rings (SSSR count). The fourth-order valence-corrected chi connectivity index (χ4v) is 3.87. The highest BCUT2D eigenvalue weighted by atomic mass is 32.2. The molecule has 0 saturated carbocycles. The minimum absolute atomic E-state index is 0.0199. The maximum absolute atomic E-state index is 13.5. The minimum atomic E-state index is -0.312. The molecule has 0 radical (unpaired) electrons. The number of hydrogen-bond acceptors (Lipinski definition) is 3. The zero-order valence-electron chi connectivity index (χ0n) is 15.2. The van der Waals surface area contributed by atoms with Crippen LogP contribution in [0.3, 0.4) is 0 Å². The smallest absolute Gasteiger partial charge is 0.317 e. The Bertz CT molecular complexity index is 633. The molecule has 0 unspecified atom stereocenters. The molecule has 1 saturated heterocycles. The van der Waals surface area contributed by atoms with Crippen LogP contribution in [0.2, 0.25) is 0 Å². The fraction of sp³-hybridized carbons (Fsp3) is 0.556. The number of rotatable bonds is 5. The van der Waals surface area contributed by atoms with Gasteiger partial charge in [-0.25, -0.2) is 9.18 Å². The summed E-state index contributed by atoms with van der Waals surface area (Å²) in [6.07, 6.45) is 0. The van der Waals surface area contributed by atoms with E-state index >= 15 is 0 Å². The number of hydrogen-bond donors (Lipinski definition) is 1. The van der Waals surface area contributed by atoms with E-state index in [1.54, 1.807) is 15.9 Å². The number of halogens is 1. The van der Waals surface area contributed by atoms with E-state index in [1.807, 2.05) is 33.8 Å². The number of nitrogens with zero attached hydrogens (tertiary/aromatic N) is 2. The van der Waals surface area contributed by atoms with E-state index in [1.165, 1.54) is 23.9 Å². The van der Waals surface area contributed by atoms with Crippen LogP contribution in [0.1, 0.15) is 38.6 Å². The fourth-order valence-electron chi connectivity index (χ4n) is 2.66. The Morgan fingerprint density at radius 2 is 2.16 bits per heavy atom. The second-order valence-corrected chi connectivity index (χ2v) is 8.13. The average molecular weight is 367 g/mol. The van der Waals surface area contributed by atoms with E-state index < -0.39 is 0 Å². The molecular formula is C18H26FN3O2S. The molecule has 138 valence electrons. The summed E-state index contributed by atoms with van der Waals surface area (Å²) in [5.41, 5.74) is 0.464. The topological polar surface area (TPSA) is 52.7 Å². The lowest BCUT2D eigenvalue weighted by atomic mass is 10.1. The third kappa shape index (κ3) is 5.36. The number of nitrogens with one attached hydrogen (secondary N) is 1. The summed E-state index contributed by atoms with van der Waals surface area (Å²) in [5.74, 6) is 0.0882. The molecule has 7 heteroatoms. The predicted molar refractivity (Wildman–Crippen MR) is 98.8 cm³/mol. The first-order valence-corrected chi connectivity index (χ1v) is 9.50. The number of carbonyl (C=O) groups is 2. The SMILES string of the molecule is CCN(CCN1C(=O)CS[C@H]1c1cccc(F)c1)C(=O)NC(C)(C)C. The molecule has 1 aliphatic rings. The number of likely N-dealkylation sites (N-methyl/N-ethyl adjacent to an activating group) is 1. The van der Waals surface area contributed by atoms with E-state index in [-0.39, 0.29) is 28.7 Å². The molecule has 1 atom stereocenters. The Morgan fingerprint density at radius 3 is 2.76 bits per heavy atom. The number of thioether (sulfide) groups is 1. The van der Waals surface area contributed by atoms with Gasteiger partial charge >= 0.3 is 6.03 Å². The van der Waals surface area contributed by atoms with Crippen molar-refractivity contribution in [2.45, 2.75) is 38.6 Å². The number of benzene rings is 1. The average Bonchev–Trinajstić information content (AvgIpc) is 2.87. The molecule has 0 aromatic heterocycles. The van der Waals surface area contributed by atoms with Crippen molar-refractivity contribution in [3.8, 4) is 0 Å². The van der Waals surface area contributed by atoms with Crippen LogP contribution in [-0.2, 0) is 4.79 Å². The second-order valence-electron chi connectivity index (χ2n) is 7.07. The van der Waals surface area contributed by atoms with Crippen molar-refractivity contribution in [3.05, 3.63) is 35.6 Å². The Hall–Kier alpha value is -1.76. The standard InChI is InChI=1S/C18H26FN3O2S/c1-5-21(17(24)20-18(2,3)4)9-10-22-15(23)12-25-16(22)13-7-6-8-14(19)11-13/h6-8,11,16H,5,9-10,12H2,1-4H3,(H,20,24)/t16-/m0/s1. The molecular weight excluding hydrogens is 341 g/mol. The highest BCUT2D eigenvalue weighted by Gasteiger charge is 2.33. The van der Waals surface area contributed by atoms with Crippen LogP contribution in [0.5, 0.6) is 0 Å². The van der Waals surface area contributed by atoms with Crippen LogP contribution < -0.4 is 5.32 Å². The zero-order chi connectivity index (χ0) is 18.6. The summed E-state index contributed by atoms with van der Waals surface area (Å²) in [6.45, 7) is 9.13. The van der Waals surface area contributed by atoms with Gasteiger partial charge in [0.1, 0.15) is 11.2 Å². The molecule has 1 aromatic rings. The molecule has 1 aromatic carbocycles. The van der Waals surface area contributed by atoms with E-state index in [4.69, 9.17) is 0 Å². The van der Waals surface area contributed by atoms with Crippen LogP contribution >= 0.6 is 11.8 Å². The van der Waals surface area contributed by atoms with Gasteiger partial charge in [0.2, 0.25) is 5.91 Å². The summed E-state index contributed by atoms with van der Waals surface area (Å²) >= 11 is 1.49. The third-order valence-electron chi connectivity index (χ3n) is 3.86. The lowest BCUT2D eigenvalue weighted by Gasteiger charge is -2.30. The van der Waals surface area contributed by atoms with Gasteiger partial charge in [-0.05, 0) is 45.4 Å². The first-order chi connectivity index (χ1) is 11.7. The Labute approximate surface area is 152 Å². The number of urea groups is 1. The summed E-state index contributed by atoms with van der Waals surface area (Å²) < 4.78 is 13.5. The predicted octanol–water partition coefficient (Wildman–Crippen LogP) is 3.23. The normalized spacial score (nSPS) is 17.7. The monoisotopic (exact) mass is 367 g/mol. The minimum Gasteiger partial charge on any atom is -0.333 e. The quantitative estimate of drug-likeness (QED) is 0.869. The maximum Gasteiger partial charge on any atom is 0.317 e. The van der Waals surface area contributed by atoms with Crippen LogP contribution in [0, 0.1) is 5.82 Å². The Kier molecular flexibility index (Phi) is 6.32. The van der Waals surface area contributed by atoms with E-state index in [9.17, 15) is 14.0 Å². The van der Waals surface area contributed by atoms with Crippen molar-refractivity contribution in [2.75, 3.05) is 25.4 Å². The largest absolute Gasteiger partial charge is 0.333 e. The first-order valence-electron chi connectivity index (χ1n) is 8.45. The van der Waals surface area contributed by atoms with Crippen molar-refractivity contribution in [2.24, 2.45) is 0 Å². The van der Waals surface area contributed by atoms with E-state index in [2.05, 4.69) is 5.32 Å². The molecule has 5 nitrogen and oxygen atoms in total. The molecule has 0 aliphatic carbocycles.